The van der Waals surface area contributed by atoms with Crippen LogP contribution in [0.25, 0.3) is 0 Å². The lowest BCUT2D eigenvalue weighted by molar-refractivity contribution is -0.174. The van der Waals surface area contributed by atoms with Crippen molar-refractivity contribution in [3.63, 3.8) is 0 Å². The van der Waals surface area contributed by atoms with Crippen molar-refractivity contribution in [2.24, 2.45) is 0 Å². The molecular weight excluding hydrogens is 184 g/mol. The van der Waals surface area contributed by atoms with Gasteiger partial charge in [0.05, 0.1) is 19.8 Å². The standard InChI is InChI=1S/C10H20O4/c1-4-10(5-2,14-8-7-11)9(12)13-6-3/h11H,4-8H2,1-3H3. The van der Waals surface area contributed by atoms with Crippen LogP contribution in [-0.4, -0.2) is 36.5 Å². The quantitative estimate of drug-likeness (QED) is 0.631. The molecule has 0 spiro atoms. The van der Waals surface area contributed by atoms with Crippen LogP contribution in [0.5, 0.6) is 0 Å². The Morgan fingerprint density at radius 3 is 2.21 bits per heavy atom. The first-order chi connectivity index (χ1) is 6.66. The molecule has 4 nitrogen and oxygen atoms in total. The fraction of sp³-hybridized carbons (Fsp3) is 0.900. The number of aliphatic hydroxyl groups is 1. The Bertz CT molecular complexity index is 164. The number of ether oxygens (including phenoxy) is 2. The largest absolute Gasteiger partial charge is 0.464 e. The topological polar surface area (TPSA) is 55.8 Å². The fourth-order valence-electron chi connectivity index (χ4n) is 1.31. The number of hydrogen-bond donors (Lipinski definition) is 1. The number of carbonyl (C=O) groups excluding carboxylic acids is 1. The molecule has 1 N–H and O–H groups in total. The maximum atomic E-state index is 11.6. The van der Waals surface area contributed by atoms with Crippen molar-refractivity contribution in [1.29, 1.82) is 0 Å². The molecule has 14 heavy (non-hydrogen) atoms. The molecule has 0 heterocycles. The van der Waals surface area contributed by atoms with E-state index in [4.69, 9.17) is 14.6 Å². The van der Waals surface area contributed by atoms with E-state index in [0.29, 0.717) is 19.4 Å². The van der Waals surface area contributed by atoms with Crippen molar-refractivity contribution in [2.75, 3.05) is 19.8 Å². The van der Waals surface area contributed by atoms with Crippen molar-refractivity contribution in [1.82, 2.24) is 0 Å². The van der Waals surface area contributed by atoms with Gasteiger partial charge in [-0.2, -0.15) is 0 Å². The Labute approximate surface area is 85.2 Å². The van der Waals surface area contributed by atoms with Crippen molar-refractivity contribution in [3.8, 4) is 0 Å². The van der Waals surface area contributed by atoms with E-state index in [9.17, 15) is 4.79 Å². The third-order valence-electron chi connectivity index (χ3n) is 2.26. The number of aliphatic hydroxyl groups excluding tert-OH is 1. The van der Waals surface area contributed by atoms with Gasteiger partial charge in [-0.25, -0.2) is 4.79 Å². The van der Waals surface area contributed by atoms with Crippen molar-refractivity contribution in [2.45, 2.75) is 39.2 Å². The third-order valence-corrected chi connectivity index (χ3v) is 2.26. The zero-order chi connectivity index (χ0) is 11.0. The number of esters is 1. The summed E-state index contributed by atoms with van der Waals surface area (Å²) in [5.74, 6) is -0.335. The van der Waals surface area contributed by atoms with Crippen molar-refractivity contribution in [3.05, 3.63) is 0 Å². The summed E-state index contributed by atoms with van der Waals surface area (Å²) in [7, 11) is 0. The minimum atomic E-state index is -0.876. The number of carbonyl (C=O) groups is 1. The Morgan fingerprint density at radius 2 is 1.86 bits per heavy atom. The summed E-state index contributed by atoms with van der Waals surface area (Å²) >= 11 is 0. The molecule has 0 aromatic carbocycles. The summed E-state index contributed by atoms with van der Waals surface area (Å²) in [5, 5.41) is 8.66. The molecule has 0 radical (unpaired) electrons. The summed E-state index contributed by atoms with van der Waals surface area (Å²) in [5.41, 5.74) is -0.876. The second kappa shape index (κ2) is 6.79. The molecule has 0 aromatic heterocycles. The fourth-order valence-corrected chi connectivity index (χ4v) is 1.31. The molecule has 0 atom stereocenters. The second-order valence-electron chi connectivity index (χ2n) is 2.99. The van der Waals surface area contributed by atoms with Crippen LogP contribution in [0.4, 0.5) is 0 Å². The maximum Gasteiger partial charge on any atom is 0.338 e. The van der Waals surface area contributed by atoms with Gasteiger partial charge in [0.15, 0.2) is 5.60 Å². The van der Waals surface area contributed by atoms with E-state index in [1.807, 2.05) is 13.8 Å². The highest BCUT2D eigenvalue weighted by molar-refractivity contribution is 5.79. The lowest BCUT2D eigenvalue weighted by atomic mass is 9.97. The van der Waals surface area contributed by atoms with Crippen LogP contribution in [0, 0.1) is 0 Å². The van der Waals surface area contributed by atoms with E-state index in [2.05, 4.69) is 0 Å². The minimum Gasteiger partial charge on any atom is -0.464 e. The highest BCUT2D eigenvalue weighted by Gasteiger charge is 2.37. The van der Waals surface area contributed by atoms with Crippen molar-refractivity contribution < 1.29 is 19.4 Å². The average molecular weight is 204 g/mol. The van der Waals surface area contributed by atoms with Gasteiger partial charge < -0.3 is 14.6 Å². The average Bonchev–Trinajstić information content (AvgIpc) is 2.21. The molecule has 0 unspecified atom stereocenters. The van der Waals surface area contributed by atoms with Crippen molar-refractivity contribution >= 4 is 5.97 Å². The van der Waals surface area contributed by atoms with E-state index in [0.717, 1.165) is 0 Å². The highest BCUT2D eigenvalue weighted by Crippen LogP contribution is 2.22. The van der Waals surface area contributed by atoms with Crippen LogP contribution in [-0.2, 0) is 14.3 Å². The molecule has 0 fully saturated rings. The van der Waals surface area contributed by atoms with Gasteiger partial charge in [0.25, 0.3) is 0 Å². The highest BCUT2D eigenvalue weighted by atomic mass is 16.6. The second-order valence-corrected chi connectivity index (χ2v) is 2.99. The maximum absolute atomic E-state index is 11.6. The number of hydrogen-bond acceptors (Lipinski definition) is 4. The first-order valence-electron chi connectivity index (χ1n) is 5.08. The van der Waals surface area contributed by atoms with E-state index in [1.165, 1.54) is 0 Å². The zero-order valence-electron chi connectivity index (χ0n) is 9.21. The smallest absolute Gasteiger partial charge is 0.338 e. The molecule has 0 bridgehead atoms. The molecule has 0 aliphatic heterocycles. The Kier molecular flexibility index (Phi) is 6.49. The lowest BCUT2D eigenvalue weighted by Crippen LogP contribution is -2.42. The zero-order valence-corrected chi connectivity index (χ0v) is 9.21. The van der Waals surface area contributed by atoms with Gasteiger partial charge in [-0.1, -0.05) is 13.8 Å². The van der Waals surface area contributed by atoms with Crippen LogP contribution in [0.1, 0.15) is 33.6 Å². The summed E-state index contributed by atoms with van der Waals surface area (Å²) in [6, 6.07) is 0. The van der Waals surface area contributed by atoms with Gasteiger partial charge in [-0.3, -0.25) is 0 Å². The predicted octanol–water partition coefficient (Wildman–Crippen LogP) is 1.12. The third kappa shape index (κ3) is 3.27. The lowest BCUT2D eigenvalue weighted by Gasteiger charge is -2.28. The molecule has 0 saturated carbocycles. The van der Waals surface area contributed by atoms with Gasteiger partial charge in [0.1, 0.15) is 0 Å². The van der Waals surface area contributed by atoms with E-state index < -0.39 is 5.60 Å². The molecule has 84 valence electrons. The summed E-state index contributed by atoms with van der Waals surface area (Å²) in [6.45, 7) is 5.94. The van der Waals surface area contributed by atoms with Gasteiger partial charge in [-0.05, 0) is 19.8 Å². The van der Waals surface area contributed by atoms with E-state index in [-0.39, 0.29) is 19.2 Å². The molecule has 0 aromatic rings. The molecule has 0 aliphatic carbocycles. The van der Waals surface area contributed by atoms with E-state index >= 15 is 0 Å². The molecule has 0 saturated heterocycles. The number of rotatable bonds is 7. The minimum absolute atomic E-state index is 0.0822. The van der Waals surface area contributed by atoms with Gasteiger partial charge in [-0.15, -0.1) is 0 Å². The Balaban J connectivity index is 4.42. The Hall–Kier alpha value is -0.610. The summed E-state index contributed by atoms with van der Waals surface area (Å²) in [6.07, 6.45) is 1.12. The summed E-state index contributed by atoms with van der Waals surface area (Å²) < 4.78 is 10.3. The van der Waals surface area contributed by atoms with Gasteiger partial charge in [0, 0.05) is 0 Å². The molecule has 4 heteroatoms. The SMILES string of the molecule is CCOC(=O)C(CC)(CC)OCCO. The normalized spacial score (nSPS) is 11.4. The van der Waals surface area contributed by atoms with Gasteiger partial charge >= 0.3 is 5.97 Å². The molecular formula is C10H20O4. The van der Waals surface area contributed by atoms with Crippen LogP contribution < -0.4 is 0 Å². The van der Waals surface area contributed by atoms with E-state index in [1.54, 1.807) is 6.92 Å². The first kappa shape index (κ1) is 13.4. The molecule has 0 amide bonds. The first-order valence-corrected chi connectivity index (χ1v) is 5.08. The predicted molar refractivity (Wildman–Crippen MR) is 53.0 cm³/mol. The van der Waals surface area contributed by atoms with Crippen LogP contribution >= 0.6 is 0 Å². The van der Waals surface area contributed by atoms with Crippen LogP contribution in [0.3, 0.4) is 0 Å². The van der Waals surface area contributed by atoms with Crippen LogP contribution in [0.2, 0.25) is 0 Å². The Morgan fingerprint density at radius 1 is 1.29 bits per heavy atom. The van der Waals surface area contributed by atoms with Gasteiger partial charge in [0.2, 0.25) is 0 Å². The summed E-state index contributed by atoms with van der Waals surface area (Å²) in [4.78, 5) is 11.6. The molecule has 0 aliphatic rings. The molecule has 0 rings (SSSR count). The monoisotopic (exact) mass is 204 g/mol. The van der Waals surface area contributed by atoms with Crippen LogP contribution in [0.15, 0.2) is 0 Å².